The van der Waals surface area contributed by atoms with Crippen LogP contribution in [0.4, 0.5) is 0 Å². The fourth-order valence-corrected chi connectivity index (χ4v) is 4.56. The number of hydrogen-bond donors (Lipinski definition) is 2. The molecule has 2 fully saturated rings. The Labute approximate surface area is 185 Å². The van der Waals surface area contributed by atoms with Crippen LogP contribution in [0, 0.1) is 17.8 Å². The number of carbonyl (C=O) groups is 5. The van der Waals surface area contributed by atoms with Crippen molar-refractivity contribution in [3.05, 3.63) is 29.3 Å². The number of carbonyl (C=O) groups excluding carboxylic acids is 5. The summed E-state index contributed by atoms with van der Waals surface area (Å²) in [5.74, 6) is -0.699. The molecule has 32 heavy (non-hydrogen) atoms. The first-order valence-electron chi connectivity index (χ1n) is 11.0. The summed E-state index contributed by atoms with van der Waals surface area (Å²) in [6, 6.07) is 3.51. The molecule has 170 valence electrons. The third-order valence-electron chi connectivity index (χ3n) is 6.59. The van der Waals surface area contributed by atoms with Crippen molar-refractivity contribution in [1.29, 1.82) is 0 Å². The molecule has 2 N–H and O–H groups in total. The summed E-state index contributed by atoms with van der Waals surface area (Å²) in [6.45, 7) is 4.73. The molecule has 2 aliphatic heterocycles. The maximum absolute atomic E-state index is 13.0. The zero-order valence-corrected chi connectivity index (χ0v) is 18.2. The van der Waals surface area contributed by atoms with Gasteiger partial charge in [-0.25, -0.2) is 0 Å². The molecule has 0 aromatic heterocycles. The van der Waals surface area contributed by atoms with E-state index in [2.05, 4.69) is 24.5 Å². The van der Waals surface area contributed by atoms with Crippen LogP contribution in [0.3, 0.4) is 0 Å². The Kier molecular flexibility index (Phi) is 5.99. The smallest absolute Gasteiger partial charge is 0.266 e. The van der Waals surface area contributed by atoms with E-state index in [0.29, 0.717) is 18.4 Å². The third-order valence-corrected chi connectivity index (χ3v) is 6.59. The molecule has 5 amide bonds. The van der Waals surface area contributed by atoms with Crippen molar-refractivity contribution in [3.63, 3.8) is 0 Å². The second kappa shape index (κ2) is 8.72. The van der Waals surface area contributed by atoms with Crippen LogP contribution in [-0.4, -0.2) is 53.6 Å². The molecule has 1 atom stereocenters. The van der Waals surface area contributed by atoms with Gasteiger partial charge in [0.25, 0.3) is 17.7 Å². The Morgan fingerprint density at radius 2 is 1.94 bits per heavy atom. The van der Waals surface area contributed by atoms with Crippen LogP contribution in [0.2, 0.25) is 0 Å². The maximum atomic E-state index is 13.0. The predicted molar refractivity (Wildman–Crippen MR) is 113 cm³/mol. The second-order valence-electron chi connectivity index (χ2n) is 9.06. The molecular formula is C23H27N3O6. The monoisotopic (exact) mass is 441 g/mol. The molecule has 0 radical (unpaired) electrons. The van der Waals surface area contributed by atoms with E-state index in [1.165, 1.54) is 12.1 Å². The van der Waals surface area contributed by atoms with Gasteiger partial charge in [0.15, 0.2) is 6.61 Å². The fourth-order valence-electron chi connectivity index (χ4n) is 4.56. The zero-order chi connectivity index (χ0) is 23.0. The largest absolute Gasteiger partial charge is 0.483 e. The van der Waals surface area contributed by atoms with Crippen molar-refractivity contribution in [3.8, 4) is 5.75 Å². The van der Waals surface area contributed by atoms with Crippen molar-refractivity contribution in [2.24, 2.45) is 17.8 Å². The molecule has 4 rings (SSSR count). The first-order chi connectivity index (χ1) is 15.3. The maximum Gasteiger partial charge on any atom is 0.266 e. The minimum atomic E-state index is -1.05. The van der Waals surface area contributed by atoms with Crippen LogP contribution in [-0.2, 0) is 14.4 Å². The Balaban J connectivity index is 1.37. The van der Waals surface area contributed by atoms with Gasteiger partial charge in [0.1, 0.15) is 11.8 Å². The number of hydrogen-bond acceptors (Lipinski definition) is 6. The van der Waals surface area contributed by atoms with Crippen LogP contribution >= 0.6 is 0 Å². The van der Waals surface area contributed by atoms with Crippen LogP contribution in [0.15, 0.2) is 18.2 Å². The van der Waals surface area contributed by atoms with Crippen molar-refractivity contribution in [2.75, 3.05) is 13.2 Å². The zero-order valence-electron chi connectivity index (χ0n) is 18.2. The van der Waals surface area contributed by atoms with Gasteiger partial charge >= 0.3 is 0 Å². The molecule has 1 aromatic rings. The lowest BCUT2D eigenvalue weighted by Crippen LogP contribution is -2.54. The highest BCUT2D eigenvalue weighted by molar-refractivity contribution is 6.24. The summed E-state index contributed by atoms with van der Waals surface area (Å²) in [6.07, 6.45) is 2.34. The molecule has 1 aliphatic carbocycles. The molecule has 1 aromatic carbocycles. The molecule has 0 spiro atoms. The summed E-state index contributed by atoms with van der Waals surface area (Å²) in [5, 5.41) is 5.02. The fraction of sp³-hybridized carbons (Fsp3) is 0.522. The van der Waals surface area contributed by atoms with Gasteiger partial charge in [-0.15, -0.1) is 0 Å². The second-order valence-corrected chi connectivity index (χ2v) is 9.06. The number of ether oxygens (including phenoxy) is 1. The van der Waals surface area contributed by atoms with E-state index in [-0.39, 0.29) is 42.2 Å². The lowest BCUT2D eigenvalue weighted by atomic mass is 9.69. The first-order valence-corrected chi connectivity index (χ1v) is 11.0. The topological polar surface area (TPSA) is 122 Å². The van der Waals surface area contributed by atoms with Gasteiger partial charge in [0.05, 0.1) is 11.1 Å². The summed E-state index contributed by atoms with van der Waals surface area (Å²) in [7, 11) is 0. The van der Waals surface area contributed by atoms with E-state index in [0.717, 1.165) is 23.7 Å². The minimum absolute atomic E-state index is 0.0359. The van der Waals surface area contributed by atoms with Crippen LogP contribution in [0.5, 0.6) is 5.75 Å². The van der Waals surface area contributed by atoms with Crippen LogP contribution in [0.1, 0.15) is 60.2 Å². The van der Waals surface area contributed by atoms with Crippen molar-refractivity contribution in [1.82, 2.24) is 15.5 Å². The molecule has 0 bridgehead atoms. The SMILES string of the molecule is CC(C)C1CC(CNC(=O)COc2cccc3c2C(=O)N(C2CCC(=O)NC2=O)C3=O)C1. The summed E-state index contributed by atoms with van der Waals surface area (Å²) < 4.78 is 5.59. The van der Waals surface area contributed by atoms with Crippen LogP contribution < -0.4 is 15.4 Å². The van der Waals surface area contributed by atoms with E-state index in [1.54, 1.807) is 6.07 Å². The lowest BCUT2D eigenvalue weighted by Gasteiger charge is -2.38. The summed E-state index contributed by atoms with van der Waals surface area (Å²) in [5.41, 5.74) is 0.153. The van der Waals surface area contributed by atoms with E-state index < -0.39 is 29.7 Å². The summed E-state index contributed by atoms with van der Waals surface area (Å²) >= 11 is 0. The molecule has 1 unspecified atom stereocenters. The standard InChI is InChI=1S/C23H27N3O6/c1-12(2)14-8-13(9-14)10-24-19(28)11-32-17-5-3-4-15-20(17)23(31)26(22(15)30)16-6-7-18(27)25-21(16)29/h3-5,12-14,16H,6-11H2,1-2H3,(H,24,28)(H,25,27,29). The van der Waals surface area contributed by atoms with Crippen LogP contribution in [0.25, 0.3) is 0 Å². The molecule has 1 saturated heterocycles. The van der Waals surface area contributed by atoms with Gasteiger partial charge in [-0.2, -0.15) is 0 Å². The Morgan fingerprint density at radius 3 is 2.62 bits per heavy atom. The van der Waals surface area contributed by atoms with Gasteiger partial charge in [-0.3, -0.25) is 34.2 Å². The molecule has 9 heteroatoms. The number of nitrogens with zero attached hydrogens (tertiary/aromatic N) is 1. The lowest BCUT2D eigenvalue weighted by molar-refractivity contribution is -0.136. The number of nitrogens with one attached hydrogen (secondary N) is 2. The Bertz CT molecular complexity index is 982. The Morgan fingerprint density at radius 1 is 1.19 bits per heavy atom. The number of imide groups is 2. The van der Waals surface area contributed by atoms with Crippen molar-refractivity contribution >= 4 is 29.5 Å². The van der Waals surface area contributed by atoms with Crippen molar-refractivity contribution in [2.45, 2.75) is 45.6 Å². The highest BCUT2D eigenvalue weighted by atomic mass is 16.5. The predicted octanol–water partition coefficient (Wildman–Crippen LogP) is 1.26. The number of amides is 5. The third kappa shape index (κ3) is 4.11. The van der Waals surface area contributed by atoms with E-state index in [1.807, 2.05) is 0 Å². The number of fused-ring (bicyclic) bond motifs is 1. The van der Waals surface area contributed by atoms with Gasteiger partial charge in [0, 0.05) is 13.0 Å². The van der Waals surface area contributed by atoms with Gasteiger partial charge < -0.3 is 10.1 Å². The quantitative estimate of drug-likeness (QED) is 0.615. The average Bonchev–Trinajstić information content (AvgIpc) is 2.96. The molecular weight excluding hydrogens is 414 g/mol. The summed E-state index contributed by atoms with van der Waals surface area (Å²) in [4.78, 5) is 62.5. The number of rotatable bonds is 7. The Hall–Kier alpha value is -3.23. The van der Waals surface area contributed by atoms with Gasteiger partial charge in [0.2, 0.25) is 11.8 Å². The minimum Gasteiger partial charge on any atom is -0.483 e. The highest BCUT2D eigenvalue weighted by Crippen LogP contribution is 2.38. The van der Waals surface area contributed by atoms with Gasteiger partial charge in [-0.05, 0) is 49.1 Å². The highest BCUT2D eigenvalue weighted by Gasteiger charge is 2.46. The number of benzene rings is 1. The normalized spacial score (nSPS) is 24.8. The van der Waals surface area contributed by atoms with Crippen molar-refractivity contribution < 1.29 is 28.7 Å². The van der Waals surface area contributed by atoms with Gasteiger partial charge in [-0.1, -0.05) is 19.9 Å². The molecule has 3 aliphatic rings. The van der Waals surface area contributed by atoms with E-state index in [4.69, 9.17) is 4.74 Å². The first kappa shape index (κ1) is 22.0. The molecule has 2 heterocycles. The van der Waals surface area contributed by atoms with E-state index >= 15 is 0 Å². The van der Waals surface area contributed by atoms with E-state index in [9.17, 15) is 24.0 Å². The average molecular weight is 441 g/mol. The molecule has 1 saturated carbocycles. The number of piperidine rings is 1. The molecule has 9 nitrogen and oxygen atoms in total.